The number of aromatic nitrogens is 2. The fourth-order valence-electron chi connectivity index (χ4n) is 1.30. The van der Waals surface area contributed by atoms with Crippen LogP contribution in [0.5, 0.6) is 0 Å². The summed E-state index contributed by atoms with van der Waals surface area (Å²) < 4.78 is 0. The van der Waals surface area contributed by atoms with Gasteiger partial charge >= 0.3 is 0 Å². The van der Waals surface area contributed by atoms with Crippen molar-refractivity contribution >= 4 is 17.5 Å². The SMILES string of the molecule is NC(=O)c1ccc(NC(=O)c2cn[nH]c2)cc1. The molecule has 0 unspecified atom stereocenters. The molecule has 0 aliphatic heterocycles. The maximum atomic E-state index is 11.6. The molecule has 6 heteroatoms. The van der Waals surface area contributed by atoms with Gasteiger partial charge in [-0.25, -0.2) is 0 Å². The van der Waals surface area contributed by atoms with E-state index in [1.165, 1.54) is 12.4 Å². The van der Waals surface area contributed by atoms with Gasteiger partial charge in [0.25, 0.3) is 5.91 Å². The van der Waals surface area contributed by atoms with Crippen LogP contribution in [-0.4, -0.2) is 22.0 Å². The number of carbonyl (C=O) groups excluding carboxylic acids is 2. The molecular formula is C11H10N4O2. The lowest BCUT2D eigenvalue weighted by Crippen LogP contribution is -2.13. The highest BCUT2D eigenvalue weighted by Crippen LogP contribution is 2.10. The van der Waals surface area contributed by atoms with Crippen molar-refractivity contribution in [2.45, 2.75) is 0 Å². The molecule has 0 fully saturated rings. The molecule has 6 nitrogen and oxygen atoms in total. The van der Waals surface area contributed by atoms with Gasteiger partial charge in [0.1, 0.15) is 0 Å². The van der Waals surface area contributed by atoms with E-state index >= 15 is 0 Å². The maximum absolute atomic E-state index is 11.6. The lowest BCUT2D eigenvalue weighted by Gasteiger charge is -2.03. The Balaban J connectivity index is 2.09. The Morgan fingerprint density at radius 3 is 2.41 bits per heavy atom. The Bertz CT molecular complexity index is 531. The van der Waals surface area contributed by atoms with Crippen LogP contribution in [0.3, 0.4) is 0 Å². The summed E-state index contributed by atoms with van der Waals surface area (Å²) in [6.07, 6.45) is 2.92. The number of nitrogens with zero attached hydrogens (tertiary/aromatic N) is 1. The van der Waals surface area contributed by atoms with Crippen molar-refractivity contribution in [2.75, 3.05) is 5.32 Å². The van der Waals surface area contributed by atoms with Crippen LogP contribution >= 0.6 is 0 Å². The zero-order valence-electron chi connectivity index (χ0n) is 8.81. The first kappa shape index (κ1) is 10.9. The number of aromatic amines is 1. The van der Waals surface area contributed by atoms with Gasteiger partial charge in [0, 0.05) is 17.4 Å². The zero-order valence-corrected chi connectivity index (χ0v) is 8.81. The zero-order chi connectivity index (χ0) is 12.3. The van der Waals surface area contributed by atoms with Crippen LogP contribution in [0.1, 0.15) is 20.7 Å². The number of benzene rings is 1. The van der Waals surface area contributed by atoms with Gasteiger partial charge < -0.3 is 11.1 Å². The smallest absolute Gasteiger partial charge is 0.258 e. The first-order chi connectivity index (χ1) is 8.16. The Kier molecular flexibility index (Phi) is 2.87. The van der Waals surface area contributed by atoms with Crippen LogP contribution in [-0.2, 0) is 0 Å². The topological polar surface area (TPSA) is 101 Å². The van der Waals surface area contributed by atoms with E-state index in [1.54, 1.807) is 24.3 Å². The predicted octanol–water partition coefficient (Wildman–Crippen LogP) is 0.761. The highest BCUT2D eigenvalue weighted by atomic mass is 16.2. The van der Waals surface area contributed by atoms with E-state index in [-0.39, 0.29) is 5.91 Å². The van der Waals surface area contributed by atoms with Crippen molar-refractivity contribution in [1.29, 1.82) is 0 Å². The molecule has 86 valence electrons. The summed E-state index contributed by atoms with van der Waals surface area (Å²) in [4.78, 5) is 22.5. The van der Waals surface area contributed by atoms with E-state index in [2.05, 4.69) is 15.5 Å². The van der Waals surface area contributed by atoms with Crippen molar-refractivity contribution in [3.63, 3.8) is 0 Å². The third kappa shape index (κ3) is 2.49. The number of nitrogens with two attached hydrogens (primary N) is 1. The summed E-state index contributed by atoms with van der Waals surface area (Å²) in [7, 11) is 0. The average molecular weight is 230 g/mol. The molecule has 4 N–H and O–H groups in total. The number of rotatable bonds is 3. The fourth-order valence-corrected chi connectivity index (χ4v) is 1.30. The largest absolute Gasteiger partial charge is 0.366 e. The quantitative estimate of drug-likeness (QED) is 0.725. The van der Waals surface area contributed by atoms with Gasteiger partial charge in [0.2, 0.25) is 5.91 Å². The van der Waals surface area contributed by atoms with Crippen molar-refractivity contribution in [3.05, 3.63) is 47.8 Å². The van der Waals surface area contributed by atoms with E-state index < -0.39 is 5.91 Å². The van der Waals surface area contributed by atoms with E-state index in [0.29, 0.717) is 16.8 Å². The van der Waals surface area contributed by atoms with Crippen LogP contribution < -0.4 is 11.1 Å². The molecule has 0 aliphatic carbocycles. The van der Waals surface area contributed by atoms with Crippen LogP contribution in [0.4, 0.5) is 5.69 Å². The third-order valence-corrected chi connectivity index (χ3v) is 2.19. The summed E-state index contributed by atoms with van der Waals surface area (Å²) in [6.45, 7) is 0. The number of carbonyl (C=O) groups is 2. The Hall–Kier alpha value is -2.63. The number of hydrogen-bond acceptors (Lipinski definition) is 3. The second kappa shape index (κ2) is 4.48. The molecular weight excluding hydrogens is 220 g/mol. The van der Waals surface area contributed by atoms with E-state index in [0.717, 1.165) is 0 Å². The molecule has 2 rings (SSSR count). The first-order valence-electron chi connectivity index (χ1n) is 4.87. The molecule has 0 aliphatic rings. The Morgan fingerprint density at radius 1 is 1.18 bits per heavy atom. The van der Waals surface area contributed by atoms with Gasteiger partial charge in [-0.3, -0.25) is 14.7 Å². The predicted molar refractivity (Wildman–Crippen MR) is 61.5 cm³/mol. The van der Waals surface area contributed by atoms with Gasteiger partial charge in [-0.15, -0.1) is 0 Å². The van der Waals surface area contributed by atoms with Crippen LogP contribution in [0, 0.1) is 0 Å². The average Bonchev–Trinajstić information content (AvgIpc) is 2.83. The standard InChI is InChI=1S/C11H10N4O2/c12-10(16)7-1-3-9(4-2-7)15-11(17)8-5-13-14-6-8/h1-6H,(H2,12,16)(H,13,14)(H,15,17). The van der Waals surface area contributed by atoms with E-state index in [1.807, 2.05) is 0 Å². The number of nitrogens with one attached hydrogen (secondary N) is 2. The number of amides is 2. The Labute approximate surface area is 96.8 Å². The van der Waals surface area contributed by atoms with E-state index in [9.17, 15) is 9.59 Å². The summed E-state index contributed by atoms with van der Waals surface area (Å²) in [5, 5.41) is 8.88. The fraction of sp³-hybridized carbons (Fsp3) is 0. The van der Waals surface area contributed by atoms with Crippen LogP contribution in [0.25, 0.3) is 0 Å². The second-order valence-corrected chi connectivity index (χ2v) is 3.38. The van der Waals surface area contributed by atoms with Gasteiger partial charge in [-0.2, -0.15) is 5.10 Å². The monoisotopic (exact) mass is 230 g/mol. The number of anilines is 1. The third-order valence-electron chi connectivity index (χ3n) is 2.19. The minimum Gasteiger partial charge on any atom is -0.366 e. The summed E-state index contributed by atoms with van der Waals surface area (Å²) in [5.41, 5.74) is 6.52. The summed E-state index contributed by atoms with van der Waals surface area (Å²) in [6, 6.07) is 6.32. The minimum atomic E-state index is -0.502. The van der Waals surface area contributed by atoms with Gasteiger partial charge in [0.15, 0.2) is 0 Å². The molecule has 1 aromatic carbocycles. The van der Waals surface area contributed by atoms with Gasteiger partial charge in [-0.1, -0.05) is 0 Å². The molecule has 0 atom stereocenters. The lowest BCUT2D eigenvalue weighted by molar-refractivity contribution is 0.0998. The van der Waals surface area contributed by atoms with Crippen molar-refractivity contribution in [3.8, 4) is 0 Å². The molecule has 1 aromatic heterocycles. The van der Waals surface area contributed by atoms with Crippen molar-refractivity contribution in [1.82, 2.24) is 10.2 Å². The molecule has 17 heavy (non-hydrogen) atoms. The molecule has 0 spiro atoms. The summed E-state index contributed by atoms with van der Waals surface area (Å²) >= 11 is 0. The number of H-pyrrole nitrogens is 1. The molecule has 2 aromatic rings. The second-order valence-electron chi connectivity index (χ2n) is 3.38. The first-order valence-corrected chi connectivity index (χ1v) is 4.87. The maximum Gasteiger partial charge on any atom is 0.258 e. The highest BCUT2D eigenvalue weighted by molar-refractivity contribution is 6.04. The van der Waals surface area contributed by atoms with E-state index in [4.69, 9.17) is 5.73 Å². The molecule has 0 radical (unpaired) electrons. The molecule has 0 saturated carbocycles. The van der Waals surface area contributed by atoms with Crippen LogP contribution in [0.15, 0.2) is 36.7 Å². The Morgan fingerprint density at radius 2 is 1.88 bits per heavy atom. The number of primary amides is 1. The molecule has 1 heterocycles. The molecule has 0 saturated heterocycles. The summed E-state index contributed by atoms with van der Waals surface area (Å²) in [5.74, 6) is -0.775. The number of hydrogen-bond donors (Lipinski definition) is 3. The van der Waals surface area contributed by atoms with Gasteiger partial charge in [-0.05, 0) is 24.3 Å². The lowest BCUT2D eigenvalue weighted by atomic mass is 10.2. The molecule has 2 amide bonds. The molecule has 0 bridgehead atoms. The van der Waals surface area contributed by atoms with Crippen molar-refractivity contribution < 1.29 is 9.59 Å². The van der Waals surface area contributed by atoms with Crippen molar-refractivity contribution in [2.24, 2.45) is 5.73 Å². The normalized spacial score (nSPS) is 9.88. The minimum absolute atomic E-state index is 0.273. The highest BCUT2D eigenvalue weighted by Gasteiger charge is 2.07. The van der Waals surface area contributed by atoms with Crippen LogP contribution in [0.2, 0.25) is 0 Å². The van der Waals surface area contributed by atoms with Gasteiger partial charge in [0.05, 0.1) is 11.8 Å².